The Labute approximate surface area is 77.2 Å². The topological polar surface area (TPSA) is 29.3 Å². The summed E-state index contributed by atoms with van der Waals surface area (Å²) >= 11 is 4.38. The molecule has 2 heterocycles. The van der Waals surface area contributed by atoms with Gasteiger partial charge in [0.2, 0.25) is 0 Å². The molecule has 4 heteroatoms. The molecule has 66 valence electrons. The van der Waals surface area contributed by atoms with Gasteiger partial charge in [-0.2, -0.15) is 12.6 Å². The van der Waals surface area contributed by atoms with Gasteiger partial charge in [-0.15, -0.1) is 0 Å². The van der Waals surface area contributed by atoms with Crippen LogP contribution in [-0.4, -0.2) is 21.8 Å². The van der Waals surface area contributed by atoms with Crippen molar-refractivity contribution in [1.29, 1.82) is 0 Å². The second-order valence-electron chi connectivity index (χ2n) is 3.07. The fourth-order valence-corrected chi connectivity index (χ4v) is 1.66. The van der Waals surface area contributed by atoms with Gasteiger partial charge in [0, 0.05) is 13.0 Å². The molecule has 0 saturated heterocycles. The predicted molar refractivity (Wildman–Crippen MR) is 49.1 cm³/mol. The summed E-state index contributed by atoms with van der Waals surface area (Å²) in [5.41, 5.74) is 1.11. The maximum Gasteiger partial charge on any atom is 0.181 e. The quantitative estimate of drug-likeness (QED) is 0.667. The van der Waals surface area contributed by atoms with Crippen molar-refractivity contribution >= 4 is 12.6 Å². The van der Waals surface area contributed by atoms with Crippen LogP contribution in [0.2, 0.25) is 0 Å². The molecule has 3 nitrogen and oxygen atoms in total. The van der Waals surface area contributed by atoms with Gasteiger partial charge in [-0.1, -0.05) is 0 Å². The minimum absolute atomic E-state index is 0.295. The Kier molecular flexibility index (Phi) is 2.11. The number of hydrogen-bond donors (Lipinski definition) is 1. The first-order valence-electron chi connectivity index (χ1n) is 4.10. The van der Waals surface area contributed by atoms with Crippen LogP contribution in [0.4, 0.5) is 0 Å². The average molecular weight is 184 g/mol. The minimum Gasteiger partial charge on any atom is -0.447 e. The number of rotatable bonds is 1. The zero-order chi connectivity index (χ0) is 8.55. The molecule has 0 amide bonds. The van der Waals surface area contributed by atoms with Crippen LogP contribution >= 0.6 is 12.6 Å². The fourth-order valence-electron chi connectivity index (χ4n) is 1.46. The summed E-state index contributed by atoms with van der Waals surface area (Å²) in [5.74, 6) is 1.00. The SMILES string of the molecule is CC(S)N1CCc2ncoc2C1. The van der Waals surface area contributed by atoms with E-state index < -0.39 is 0 Å². The van der Waals surface area contributed by atoms with Gasteiger partial charge >= 0.3 is 0 Å². The summed E-state index contributed by atoms with van der Waals surface area (Å²) < 4.78 is 5.25. The molecule has 1 aromatic rings. The van der Waals surface area contributed by atoms with Gasteiger partial charge in [-0.05, 0) is 6.92 Å². The Balaban J connectivity index is 2.15. The lowest BCUT2D eigenvalue weighted by atomic mass is 10.2. The van der Waals surface area contributed by atoms with Gasteiger partial charge in [0.05, 0.1) is 17.6 Å². The van der Waals surface area contributed by atoms with Crippen LogP contribution in [0.1, 0.15) is 18.4 Å². The molecule has 12 heavy (non-hydrogen) atoms. The lowest BCUT2D eigenvalue weighted by molar-refractivity contribution is 0.223. The van der Waals surface area contributed by atoms with Crippen LogP contribution < -0.4 is 0 Å². The highest BCUT2D eigenvalue weighted by Crippen LogP contribution is 2.19. The highest BCUT2D eigenvalue weighted by Gasteiger charge is 2.21. The molecule has 0 radical (unpaired) electrons. The number of fused-ring (bicyclic) bond motifs is 1. The second-order valence-corrected chi connectivity index (χ2v) is 3.82. The van der Waals surface area contributed by atoms with E-state index in [-0.39, 0.29) is 0 Å². The Morgan fingerprint density at radius 2 is 2.58 bits per heavy atom. The summed E-state index contributed by atoms with van der Waals surface area (Å²) in [5, 5.41) is 0.295. The van der Waals surface area contributed by atoms with Crippen molar-refractivity contribution < 1.29 is 4.42 Å². The van der Waals surface area contributed by atoms with Crippen LogP contribution in [-0.2, 0) is 13.0 Å². The van der Waals surface area contributed by atoms with Crippen LogP contribution in [0.15, 0.2) is 10.8 Å². The van der Waals surface area contributed by atoms with Crippen molar-refractivity contribution in [2.24, 2.45) is 0 Å². The molecule has 1 aliphatic heterocycles. The van der Waals surface area contributed by atoms with E-state index >= 15 is 0 Å². The zero-order valence-electron chi connectivity index (χ0n) is 7.03. The Morgan fingerprint density at radius 3 is 3.33 bits per heavy atom. The van der Waals surface area contributed by atoms with Gasteiger partial charge < -0.3 is 4.42 Å². The van der Waals surface area contributed by atoms with Gasteiger partial charge in [0.25, 0.3) is 0 Å². The Hall–Kier alpha value is -0.480. The molecule has 1 atom stereocenters. The lowest BCUT2D eigenvalue weighted by Crippen LogP contribution is -2.34. The van der Waals surface area contributed by atoms with E-state index in [1.54, 1.807) is 0 Å². The molecular weight excluding hydrogens is 172 g/mol. The third kappa shape index (κ3) is 1.36. The molecule has 0 aliphatic carbocycles. The number of aromatic nitrogens is 1. The van der Waals surface area contributed by atoms with Gasteiger partial charge in [-0.3, -0.25) is 4.90 Å². The van der Waals surface area contributed by atoms with Crippen LogP contribution in [0.3, 0.4) is 0 Å². The molecule has 0 saturated carbocycles. The van der Waals surface area contributed by atoms with Crippen molar-refractivity contribution in [2.45, 2.75) is 25.3 Å². The normalized spacial score (nSPS) is 20.5. The van der Waals surface area contributed by atoms with Gasteiger partial charge in [0.15, 0.2) is 6.39 Å². The smallest absolute Gasteiger partial charge is 0.181 e. The largest absolute Gasteiger partial charge is 0.447 e. The van der Waals surface area contributed by atoms with E-state index in [0.717, 1.165) is 31.0 Å². The number of thiol groups is 1. The highest BCUT2D eigenvalue weighted by atomic mass is 32.1. The van der Waals surface area contributed by atoms with E-state index in [4.69, 9.17) is 4.42 Å². The summed E-state index contributed by atoms with van der Waals surface area (Å²) in [7, 11) is 0. The first kappa shape index (κ1) is 8.13. The van der Waals surface area contributed by atoms with Crippen LogP contribution in [0.5, 0.6) is 0 Å². The number of oxazole rings is 1. The molecule has 1 aromatic heterocycles. The van der Waals surface area contributed by atoms with Crippen molar-refractivity contribution in [1.82, 2.24) is 9.88 Å². The average Bonchev–Trinajstić information content (AvgIpc) is 2.49. The van der Waals surface area contributed by atoms with E-state index in [2.05, 4.69) is 29.4 Å². The molecule has 1 aliphatic rings. The second kappa shape index (κ2) is 3.11. The monoisotopic (exact) mass is 184 g/mol. The predicted octanol–water partition coefficient (Wildman–Crippen LogP) is 1.31. The molecule has 0 fully saturated rings. The van der Waals surface area contributed by atoms with E-state index in [1.807, 2.05) is 0 Å². The number of nitrogens with zero attached hydrogens (tertiary/aromatic N) is 2. The molecule has 0 bridgehead atoms. The molecule has 2 rings (SSSR count). The van der Waals surface area contributed by atoms with Crippen LogP contribution in [0, 0.1) is 0 Å². The maximum absolute atomic E-state index is 5.25. The standard InChI is InChI=1S/C8H12N2OS/c1-6(12)10-3-2-7-8(4-10)11-5-9-7/h5-6,12H,2-4H2,1H3. The molecule has 0 N–H and O–H groups in total. The first-order valence-corrected chi connectivity index (χ1v) is 4.62. The molecule has 0 spiro atoms. The third-order valence-corrected chi connectivity index (χ3v) is 2.56. The highest BCUT2D eigenvalue weighted by molar-refractivity contribution is 7.80. The first-order chi connectivity index (χ1) is 5.77. The summed E-state index contributed by atoms with van der Waals surface area (Å²) in [6.45, 7) is 3.95. The minimum atomic E-state index is 0.295. The Morgan fingerprint density at radius 1 is 1.75 bits per heavy atom. The summed E-state index contributed by atoms with van der Waals surface area (Å²) in [6.07, 6.45) is 2.51. The van der Waals surface area contributed by atoms with Crippen molar-refractivity contribution in [3.05, 3.63) is 17.8 Å². The summed E-state index contributed by atoms with van der Waals surface area (Å²) in [4.78, 5) is 6.39. The van der Waals surface area contributed by atoms with Crippen molar-refractivity contribution in [2.75, 3.05) is 6.54 Å². The van der Waals surface area contributed by atoms with Gasteiger partial charge in [-0.25, -0.2) is 4.98 Å². The maximum atomic E-state index is 5.25. The number of hydrogen-bond acceptors (Lipinski definition) is 4. The van der Waals surface area contributed by atoms with E-state index in [0.29, 0.717) is 5.37 Å². The Bertz CT molecular complexity index is 272. The fraction of sp³-hybridized carbons (Fsp3) is 0.625. The molecular formula is C8H12N2OS. The van der Waals surface area contributed by atoms with Crippen LogP contribution in [0.25, 0.3) is 0 Å². The molecule has 1 unspecified atom stereocenters. The lowest BCUT2D eigenvalue weighted by Gasteiger charge is -2.27. The van der Waals surface area contributed by atoms with Crippen molar-refractivity contribution in [3.8, 4) is 0 Å². The van der Waals surface area contributed by atoms with Gasteiger partial charge in [0.1, 0.15) is 5.76 Å². The third-order valence-electron chi connectivity index (χ3n) is 2.24. The summed E-state index contributed by atoms with van der Waals surface area (Å²) in [6, 6.07) is 0. The molecule has 0 aromatic carbocycles. The van der Waals surface area contributed by atoms with E-state index in [1.165, 1.54) is 6.39 Å². The van der Waals surface area contributed by atoms with E-state index in [9.17, 15) is 0 Å². The zero-order valence-corrected chi connectivity index (χ0v) is 7.92. The van der Waals surface area contributed by atoms with Crippen molar-refractivity contribution in [3.63, 3.8) is 0 Å².